The van der Waals surface area contributed by atoms with Crippen LogP contribution in [0.3, 0.4) is 0 Å². The number of anilines is 1. The summed E-state index contributed by atoms with van der Waals surface area (Å²) in [7, 11) is -4.36. The minimum atomic E-state index is -4.36. The molecule has 0 aliphatic carbocycles. The number of hydrogen-bond donors (Lipinski definition) is 4. The maximum absolute atomic E-state index is 14.1. The summed E-state index contributed by atoms with van der Waals surface area (Å²) in [5, 5.41) is 26.1. The van der Waals surface area contributed by atoms with Gasteiger partial charge >= 0.3 is 19.4 Å². The standard InChI is InChI=1S/C26H32IN4O9P/c1-14(2)38-23(33)15(3)30-41(36,40-19-11-7-9-16-8-5-6-10-17(16)19)37-13-20-21(32)26(4,35)24(39-20)31-12-18(27)22(28)29-25(31)34/h5-12,14-15,20-21,24,32,35H,13H2,1-4H3,(H,30,36)(H2,28,29,34)/t15-,20-,21-,24-,26-,41?/m1/s1. The van der Waals surface area contributed by atoms with Crippen molar-refractivity contribution < 1.29 is 38.1 Å². The predicted molar refractivity (Wildman–Crippen MR) is 158 cm³/mol. The molecule has 0 amide bonds. The molecule has 2 aromatic carbocycles. The van der Waals surface area contributed by atoms with Gasteiger partial charge in [0.2, 0.25) is 0 Å². The molecule has 1 aliphatic rings. The van der Waals surface area contributed by atoms with Gasteiger partial charge in [0.15, 0.2) is 6.23 Å². The van der Waals surface area contributed by atoms with Crippen molar-refractivity contribution in [2.45, 2.75) is 63.9 Å². The van der Waals surface area contributed by atoms with Gasteiger partial charge in [-0.25, -0.2) is 9.36 Å². The van der Waals surface area contributed by atoms with Crippen molar-refractivity contribution >= 4 is 52.9 Å². The van der Waals surface area contributed by atoms with Crippen molar-refractivity contribution in [2.75, 3.05) is 12.3 Å². The van der Waals surface area contributed by atoms with Crippen molar-refractivity contribution in [3.05, 3.63) is 62.7 Å². The largest absolute Gasteiger partial charge is 0.462 e. The van der Waals surface area contributed by atoms with Gasteiger partial charge in [-0.05, 0) is 61.7 Å². The zero-order valence-electron chi connectivity index (χ0n) is 22.8. The first kappa shape index (κ1) is 31.3. The van der Waals surface area contributed by atoms with Crippen molar-refractivity contribution in [3.63, 3.8) is 0 Å². The lowest BCUT2D eigenvalue weighted by atomic mass is 9.96. The first-order valence-electron chi connectivity index (χ1n) is 12.7. The number of aromatic nitrogens is 2. The fourth-order valence-corrected chi connectivity index (χ4v) is 6.24. The number of nitrogen functional groups attached to an aromatic ring is 1. The van der Waals surface area contributed by atoms with Crippen LogP contribution >= 0.6 is 30.3 Å². The molecule has 1 saturated heterocycles. The van der Waals surface area contributed by atoms with Gasteiger partial charge in [-0.1, -0.05) is 36.4 Å². The lowest BCUT2D eigenvalue weighted by Crippen LogP contribution is -2.46. The summed E-state index contributed by atoms with van der Waals surface area (Å²) in [4.78, 5) is 28.7. The maximum atomic E-state index is 14.1. The quantitative estimate of drug-likeness (QED) is 0.138. The number of benzene rings is 2. The number of aliphatic hydroxyl groups is 2. The molecule has 5 N–H and O–H groups in total. The van der Waals surface area contributed by atoms with Crippen LogP contribution in [0.25, 0.3) is 10.8 Å². The number of nitrogens with zero attached hydrogens (tertiary/aromatic N) is 2. The molecule has 6 atom stereocenters. The highest BCUT2D eigenvalue weighted by Crippen LogP contribution is 2.48. The average Bonchev–Trinajstić information content (AvgIpc) is 3.13. The van der Waals surface area contributed by atoms with Gasteiger partial charge in [0.25, 0.3) is 0 Å². The number of fused-ring (bicyclic) bond motifs is 1. The highest BCUT2D eigenvalue weighted by atomic mass is 127. The number of rotatable bonds is 10. The van der Waals surface area contributed by atoms with Gasteiger partial charge < -0.3 is 29.9 Å². The third-order valence-corrected chi connectivity index (χ3v) is 8.84. The molecule has 0 bridgehead atoms. The molecule has 2 heterocycles. The van der Waals surface area contributed by atoms with E-state index in [9.17, 15) is 24.4 Å². The molecule has 0 saturated carbocycles. The summed E-state index contributed by atoms with van der Waals surface area (Å²) in [6, 6.07) is 11.3. The van der Waals surface area contributed by atoms with Gasteiger partial charge in [-0.3, -0.25) is 13.9 Å². The molecule has 13 nitrogen and oxygen atoms in total. The Morgan fingerprint density at radius 1 is 1.27 bits per heavy atom. The zero-order chi connectivity index (χ0) is 30.1. The van der Waals surface area contributed by atoms with Crippen molar-refractivity contribution in [2.24, 2.45) is 0 Å². The Morgan fingerprint density at radius 2 is 1.95 bits per heavy atom. The molecular weight excluding hydrogens is 670 g/mol. The minimum absolute atomic E-state index is 0.00707. The van der Waals surface area contributed by atoms with E-state index in [1.807, 2.05) is 40.8 Å². The van der Waals surface area contributed by atoms with E-state index in [4.69, 9.17) is 24.3 Å². The SMILES string of the molecule is CC(C)OC(=O)[C@@H](C)NP(=O)(OC[C@H]1O[C@@H](n2cc(I)c(N)nc2=O)[C@](C)(O)[C@@H]1O)Oc1cccc2ccccc12. The molecule has 222 valence electrons. The van der Waals surface area contributed by atoms with E-state index in [0.717, 1.165) is 9.95 Å². The van der Waals surface area contributed by atoms with Crippen LogP contribution in [-0.4, -0.2) is 62.3 Å². The zero-order valence-corrected chi connectivity index (χ0v) is 25.8. The fraction of sp³-hybridized carbons (Fsp3) is 0.423. The number of carbonyl (C=O) groups excluding carboxylic acids is 1. The number of carbonyl (C=O) groups is 1. The van der Waals surface area contributed by atoms with E-state index in [0.29, 0.717) is 8.96 Å². The first-order valence-corrected chi connectivity index (χ1v) is 15.3. The number of aliphatic hydroxyl groups excluding tert-OH is 1. The Morgan fingerprint density at radius 3 is 2.66 bits per heavy atom. The van der Waals surface area contributed by atoms with Crippen LogP contribution in [0.1, 0.15) is 33.9 Å². The Labute approximate surface area is 249 Å². The second-order valence-corrected chi connectivity index (χ2v) is 12.9. The Hall–Kier alpha value is -2.59. The summed E-state index contributed by atoms with van der Waals surface area (Å²) >= 11 is 1.87. The van der Waals surface area contributed by atoms with E-state index in [1.165, 1.54) is 20.0 Å². The summed E-state index contributed by atoms with van der Waals surface area (Å²) in [5.74, 6) is -0.460. The highest BCUT2D eigenvalue weighted by Gasteiger charge is 2.54. The number of hydrogen-bond acceptors (Lipinski definition) is 11. The number of nitrogens with one attached hydrogen (secondary N) is 1. The number of ether oxygens (including phenoxy) is 2. The van der Waals surface area contributed by atoms with Crippen LogP contribution in [0.2, 0.25) is 0 Å². The first-order chi connectivity index (χ1) is 19.2. The van der Waals surface area contributed by atoms with Gasteiger partial charge in [0.05, 0.1) is 16.3 Å². The van der Waals surface area contributed by atoms with Crippen molar-refractivity contribution in [1.82, 2.24) is 14.6 Å². The Balaban J connectivity index is 1.60. The summed E-state index contributed by atoms with van der Waals surface area (Å²) in [6.45, 7) is 5.53. The molecule has 1 fully saturated rings. The molecule has 1 aromatic heterocycles. The van der Waals surface area contributed by atoms with Crippen LogP contribution in [-0.2, 0) is 23.4 Å². The molecule has 41 heavy (non-hydrogen) atoms. The van der Waals surface area contributed by atoms with Gasteiger partial charge in [-0.2, -0.15) is 10.1 Å². The summed E-state index contributed by atoms with van der Waals surface area (Å²) in [5.41, 5.74) is 2.93. The van der Waals surface area contributed by atoms with Crippen LogP contribution in [0, 0.1) is 3.57 Å². The van der Waals surface area contributed by atoms with Gasteiger partial charge in [0, 0.05) is 11.6 Å². The summed E-state index contributed by atoms with van der Waals surface area (Å²) < 4.78 is 38.2. The van der Waals surface area contributed by atoms with E-state index < -0.39 is 62.2 Å². The minimum Gasteiger partial charge on any atom is -0.462 e. The Kier molecular flexibility index (Phi) is 9.43. The normalized spacial score (nSPS) is 24.7. The third kappa shape index (κ3) is 6.91. The molecule has 1 unspecified atom stereocenters. The molecule has 15 heteroatoms. The third-order valence-electron chi connectivity index (χ3n) is 6.38. The van der Waals surface area contributed by atoms with Crippen molar-refractivity contribution in [1.29, 1.82) is 0 Å². The lowest BCUT2D eigenvalue weighted by Gasteiger charge is -2.27. The van der Waals surface area contributed by atoms with Crippen LogP contribution in [0.4, 0.5) is 5.82 Å². The fourth-order valence-electron chi connectivity index (χ4n) is 4.29. The number of esters is 1. The topological polar surface area (TPSA) is 184 Å². The molecule has 1 aliphatic heterocycles. The van der Waals surface area contributed by atoms with Crippen LogP contribution < -0.4 is 21.0 Å². The maximum Gasteiger partial charge on any atom is 0.459 e. The predicted octanol–water partition coefficient (Wildman–Crippen LogP) is 2.73. The average molecular weight is 702 g/mol. The highest BCUT2D eigenvalue weighted by molar-refractivity contribution is 14.1. The van der Waals surface area contributed by atoms with E-state index in [-0.39, 0.29) is 11.6 Å². The number of halogens is 1. The lowest BCUT2D eigenvalue weighted by molar-refractivity contribution is -0.149. The smallest absolute Gasteiger partial charge is 0.459 e. The van der Waals surface area contributed by atoms with Gasteiger partial charge in [-0.15, -0.1) is 0 Å². The number of nitrogens with two attached hydrogens (primary N) is 1. The van der Waals surface area contributed by atoms with E-state index in [2.05, 4.69) is 10.1 Å². The second kappa shape index (κ2) is 12.3. The summed E-state index contributed by atoms with van der Waals surface area (Å²) in [6.07, 6.45) is -3.28. The van der Waals surface area contributed by atoms with E-state index >= 15 is 0 Å². The molecule has 0 radical (unpaired) electrons. The molecule has 0 spiro atoms. The molecular formula is C26H32IN4O9P. The van der Waals surface area contributed by atoms with Crippen molar-refractivity contribution in [3.8, 4) is 5.75 Å². The molecule has 4 rings (SSSR count). The Bertz CT molecular complexity index is 1530. The van der Waals surface area contributed by atoms with Crippen LogP contribution in [0.15, 0.2) is 53.5 Å². The molecule has 3 aromatic rings. The van der Waals surface area contributed by atoms with Gasteiger partial charge in [0.1, 0.15) is 35.4 Å². The van der Waals surface area contributed by atoms with Crippen LogP contribution in [0.5, 0.6) is 5.75 Å². The second-order valence-electron chi connectivity index (χ2n) is 10.1. The van der Waals surface area contributed by atoms with E-state index in [1.54, 1.807) is 38.1 Å². The monoisotopic (exact) mass is 702 g/mol.